The van der Waals surface area contributed by atoms with Gasteiger partial charge in [0.1, 0.15) is 5.75 Å². The van der Waals surface area contributed by atoms with Gasteiger partial charge in [0.15, 0.2) is 0 Å². The number of benzene rings is 1. The molecule has 0 bridgehead atoms. The summed E-state index contributed by atoms with van der Waals surface area (Å²) in [5.41, 5.74) is 0.942. The monoisotopic (exact) mass is 290 g/mol. The smallest absolute Gasteiger partial charge is 0.221 e. The lowest BCUT2D eigenvalue weighted by atomic mass is 10.2. The zero-order valence-corrected chi connectivity index (χ0v) is 12.6. The molecule has 2 amide bonds. The number of rotatable bonds is 7. The van der Waals surface area contributed by atoms with Crippen LogP contribution in [0.3, 0.4) is 0 Å². The van der Waals surface area contributed by atoms with Gasteiger partial charge in [-0.05, 0) is 18.9 Å². The zero-order chi connectivity index (χ0) is 15.2. The van der Waals surface area contributed by atoms with E-state index in [9.17, 15) is 9.59 Å². The second-order valence-electron chi connectivity index (χ2n) is 5.34. The summed E-state index contributed by atoms with van der Waals surface area (Å²) in [6.45, 7) is 2.40. The molecule has 0 aliphatic heterocycles. The summed E-state index contributed by atoms with van der Waals surface area (Å²) in [7, 11) is 1.61. The number of ether oxygens (including phenoxy) is 1. The molecule has 0 unspecified atom stereocenters. The van der Waals surface area contributed by atoms with E-state index < -0.39 is 0 Å². The minimum atomic E-state index is -0.0415. The van der Waals surface area contributed by atoms with E-state index in [0.717, 1.165) is 24.2 Å². The van der Waals surface area contributed by atoms with Gasteiger partial charge in [-0.25, -0.2) is 0 Å². The van der Waals surface area contributed by atoms with Gasteiger partial charge in [0, 0.05) is 38.0 Å². The average Bonchev–Trinajstić information content (AvgIpc) is 3.27. The topological polar surface area (TPSA) is 58.6 Å². The predicted molar refractivity (Wildman–Crippen MR) is 79.9 cm³/mol. The van der Waals surface area contributed by atoms with Gasteiger partial charge in [-0.2, -0.15) is 0 Å². The highest BCUT2D eigenvalue weighted by Gasteiger charge is 2.23. The minimum absolute atomic E-state index is 0.0174. The third-order valence-electron chi connectivity index (χ3n) is 3.55. The number of hydrogen-bond donors (Lipinski definition) is 1. The fourth-order valence-electron chi connectivity index (χ4n) is 2.15. The SMILES string of the molecule is COc1ccccc1CN(CCC(=O)NC1CC1)C(C)=O. The molecule has 1 aliphatic rings. The van der Waals surface area contributed by atoms with Crippen molar-refractivity contribution in [1.82, 2.24) is 10.2 Å². The average molecular weight is 290 g/mol. The van der Waals surface area contributed by atoms with Crippen LogP contribution in [-0.4, -0.2) is 36.4 Å². The molecule has 0 aromatic heterocycles. The molecule has 1 aromatic carbocycles. The number of carbonyl (C=O) groups is 2. The Kier molecular flexibility index (Phi) is 5.20. The standard InChI is InChI=1S/C16H22N2O3/c1-12(19)18(10-9-16(20)17-14-7-8-14)11-13-5-3-4-6-15(13)21-2/h3-6,14H,7-11H2,1-2H3,(H,17,20). The molecule has 0 radical (unpaired) electrons. The molecule has 0 saturated heterocycles. The molecule has 2 rings (SSSR count). The molecule has 114 valence electrons. The van der Waals surface area contributed by atoms with Gasteiger partial charge < -0.3 is 15.0 Å². The van der Waals surface area contributed by atoms with Crippen molar-refractivity contribution < 1.29 is 14.3 Å². The molecule has 1 aliphatic carbocycles. The van der Waals surface area contributed by atoms with Crippen molar-refractivity contribution in [3.63, 3.8) is 0 Å². The first-order chi connectivity index (χ1) is 10.1. The van der Waals surface area contributed by atoms with E-state index in [0.29, 0.717) is 25.6 Å². The Labute approximate surface area is 125 Å². The van der Waals surface area contributed by atoms with Crippen LogP contribution in [0, 0.1) is 0 Å². The van der Waals surface area contributed by atoms with Crippen LogP contribution < -0.4 is 10.1 Å². The van der Waals surface area contributed by atoms with Crippen LogP contribution in [0.25, 0.3) is 0 Å². The number of hydrogen-bond acceptors (Lipinski definition) is 3. The molecule has 0 atom stereocenters. The summed E-state index contributed by atoms with van der Waals surface area (Å²) >= 11 is 0. The van der Waals surface area contributed by atoms with Gasteiger partial charge in [0.2, 0.25) is 11.8 Å². The van der Waals surface area contributed by atoms with Gasteiger partial charge in [0.05, 0.1) is 7.11 Å². The predicted octanol–water partition coefficient (Wildman–Crippen LogP) is 1.71. The van der Waals surface area contributed by atoms with Crippen LogP contribution in [0.4, 0.5) is 0 Å². The normalized spacial score (nSPS) is 13.6. The maximum absolute atomic E-state index is 11.7. The van der Waals surface area contributed by atoms with E-state index in [-0.39, 0.29) is 11.8 Å². The van der Waals surface area contributed by atoms with Gasteiger partial charge in [-0.1, -0.05) is 18.2 Å². The molecule has 1 saturated carbocycles. The highest BCUT2D eigenvalue weighted by atomic mass is 16.5. The summed E-state index contributed by atoms with van der Waals surface area (Å²) in [4.78, 5) is 25.1. The molecule has 1 N–H and O–H groups in total. The van der Waals surface area contributed by atoms with E-state index in [1.165, 1.54) is 6.92 Å². The van der Waals surface area contributed by atoms with Crippen LogP contribution in [0.1, 0.15) is 31.7 Å². The third-order valence-corrected chi connectivity index (χ3v) is 3.55. The van der Waals surface area contributed by atoms with Gasteiger partial charge in [0.25, 0.3) is 0 Å². The molecule has 0 heterocycles. The van der Waals surface area contributed by atoms with Crippen molar-refractivity contribution in [1.29, 1.82) is 0 Å². The minimum Gasteiger partial charge on any atom is -0.496 e. The Hall–Kier alpha value is -2.04. The van der Waals surface area contributed by atoms with Crippen LogP contribution >= 0.6 is 0 Å². The lowest BCUT2D eigenvalue weighted by molar-refractivity contribution is -0.130. The molecular formula is C16H22N2O3. The highest BCUT2D eigenvalue weighted by molar-refractivity contribution is 5.78. The van der Waals surface area contributed by atoms with Crippen molar-refractivity contribution in [3.05, 3.63) is 29.8 Å². The Bertz CT molecular complexity index is 512. The van der Waals surface area contributed by atoms with Crippen LogP contribution in [-0.2, 0) is 16.1 Å². The van der Waals surface area contributed by atoms with Crippen LogP contribution in [0.5, 0.6) is 5.75 Å². The first-order valence-corrected chi connectivity index (χ1v) is 7.27. The summed E-state index contributed by atoms with van der Waals surface area (Å²) in [5.74, 6) is 0.732. The third kappa shape index (κ3) is 4.77. The molecule has 5 nitrogen and oxygen atoms in total. The first kappa shape index (κ1) is 15.4. The van der Waals surface area contributed by atoms with E-state index >= 15 is 0 Å². The fraction of sp³-hybridized carbons (Fsp3) is 0.500. The maximum Gasteiger partial charge on any atom is 0.221 e. The number of methoxy groups -OCH3 is 1. The maximum atomic E-state index is 11.7. The van der Waals surface area contributed by atoms with Crippen molar-refractivity contribution in [3.8, 4) is 5.75 Å². The highest BCUT2D eigenvalue weighted by Crippen LogP contribution is 2.20. The number of amides is 2. The Morgan fingerprint density at radius 3 is 2.67 bits per heavy atom. The van der Waals surface area contributed by atoms with Crippen molar-refractivity contribution in [2.45, 2.75) is 38.8 Å². The number of para-hydroxylation sites is 1. The quantitative estimate of drug-likeness (QED) is 0.831. The van der Waals surface area contributed by atoms with Crippen molar-refractivity contribution in [2.75, 3.05) is 13.7 Å². The summed E-state index contributed by atoms with van der Waals surface area (Å²) in [6.07, 6.45) is 2.48. The van der Waals surface area contributed by atoms with Gasteiger partial charge in [-0.15, -0.1) is 0 Å². The number of carbonyl (C=O) groups excluding carboxylic acids is 2. The summed E-state index contributed by atoms with van der Waals surface area (Å²) in [6, 6.07) is 7.96. The van der Waals surface area contributed by atoms with Crippen molar-refractivity contribution >= 4 is 11.8 Å². The van der Waals surface area contributed by atoms with E-state index in [2.05, 4.69) is 5.32 Å². The number of nitrogens with one attached hydrogen (secondary N) is 1. The Morgan fingerprint density at radius 1 is 1.33 bits per heavy atom. The zero-order valence-electron chi connectivity index (χ0n) is 12.6. The summed E-state index contributed by atoms with van der Waals surface area (Å²) in [5, 5.41) is 2.93. The van der Waals surface area contributed by atoms with E-state index in [1.807, 2.05) is 24.3 Å². The molecule has 5 heteroatoms. The molecular weight excluding hydrogens is 268 g/mol. The van der Waals surface area contributed by atoms with Crippen LogP contribution in [0.15, 0.2) is 24.3 Å². The Morgan fingerprint density at radius 2 is 2.05 bits per heavy atom. The molecule has 1 fully saturated rings. The first-order valence-electron chi connectivity index (χ1n) is 7.27. The van der Waals surface area contributed by atoms with Crippen molar-refractivity contribution in [2.24, 2.45) is 0 Å². The largest absolute Gasteiger partial charge is 0.496 e. The number of nitrogens with zero attached hydrogens (tertiary/aromatic N) is 1. The van der Waals surface area contributed by atoms with E-state index in [1.54, 1.807) is 12.0 Å². The lowest BCUT2D eigenvalue weighted by Gasteiger charge is -2.22. The fourth-order valence-corrected chi connectivity index (χ4v) is 2.15. The Balaban J connectivity index is 1.91. The lowest BCUT2D eigenvalue weighted by Crippen LogP contribution is -2.34. The molecule has 21 heavy (non-hydrogen) atoms. The molecule has 1 aromatic rings. The van der Waals surface area contributed by atoms with Gasteiger partial charge in [-0.3, -0.25) is 9.59 Å². The molecule has 0 spiro atoms. The second kappa shape index (κ2) is 7.11. The second-order valence-corrected chi connectivity index (χ2v) is 5.34. The van der Waals surface area contributed by atoms with Gasteiger partial charge >= 0.3 is 0 Å². The van der Waals surface area contributed by atoms with Crippen LogP contribution in [0.2, 0.25) is 0 Å². The summed E-state index contributed by atoms with van der Waals surface area (Å²) < 4.78 is 5.30. The van der Waals surface area contributed by atoms with E-state index in [4.69, 9.17) is 4.74 Å².